The molecule has 0 aliphatic carbocycles. The predicted octanol–water partition coefficient (Wildman–Crippen LogP) is 2.90. The lowest BCUT2D eigenvalue weighted by molar-refractivity contribution is 0.0491. The van der Waals surface area contributed by atoms with E-state index < -0.39 is 0 Å². The summed E-state index contributed by atoms with van der Waals surface area (Å²) in [5, 5.41) is 3.56. The molecule has 0 bridgehead atoms. The van der Waals surface area contributed by atoms with Crippen LogP contribution in [-0.4, -0.2) is 49.8 Å². The summed E-state index contributed by atoms with van der Waals surface area (Å²) in [6.07, 6.45) is 3.87. The fourth-order valence-corrected chi connectivity index (χ4v) is 2.47. The summed E-state index contributed by atoms with van der Waals surface area (Å²) in [4.78, 5) is 2.47. The van der Waals surface area contributed by atoms with Crippen LogP contribution in [-0.2, 0) is 4.74 Å². The average Bonchev–Trinajstić information content (AvgIpc) is 2.67. The lowest BCUT2D eigenvalue weighted by Gasteiger charge is -2.30. The Hall–Kier alpha value is -0.120. The maximum absolute atomic E-state index is 5.91. The van der Waals surface area contributed by atoms with Crippen molar-refractivity contribution in [3.05, 3.63) is 0 Å². The van der Waals surface area contributed by atoms with Crippen LogP contribution in [0.4, 0.5) is 0 Å². The van der Waals surface area contributed by atoms with Crippen molar-refractivity contribution in [2.75, 3.05) is 33.4 Å². The van der Waals surface area contributed by atoms with Crippen LogP contribution < -0.4 is 5.32 Å². The molecule has 1 N–H and O–H groups in total. The molecule has 0 radical (unpaired) electrons. The van der Waals surface area contributed by atoms with E-state index in [2.05, 4.69) is 51.9 Å². The molecule has 0 aromatic carbocycles. The summed E-state index contributed by atoms with van der Waals surface area (Å²) in [6, 6.07) is 0.746. The van der Waals surface area contributed by atoms with Crippen molar-refractivity contribution < 1.29 is 4.74 Å². The molecule has 0 amide bonds. The number of nitrogens with zero attached hydrogens (tertiary/aromatic N) is 1. The van der Waals surface area contributed by atoms with Crippen molar-refractivity contribution in [2.24, 2.45) is 5.41 Å². The minimum absolute atomic E-state index is 0.184. The zero-order valence-corrected chi connectivity index (χ0v) is 13.9. The SMILES string of the molecule is CN1CCCC1CCOCC(C)(C)CNC(C)(C)C. The van der Waals surface area contributed by atoms with Gasteiger partial charge in [-0.3, -0.25) is 0 Å². The maximum atomic E-state index is 5.91. The molecule has 114 valence electrons. The Morgan fingerprint density at radius 2 is 1.89 bits per heavy atom. The average molecular weight is 270 g/mol. The zero-order valence-electron chi connectivity index (χ0n) is 13.9. The van der Waals surface area contributed by atoms with E-state index in [0.29, 0.717) is 0 Å². The number of likely N-dealkylation sites (tertiary alicyclic amines) is 1. The van der Waals surface area contributed by atoms with E-state index in [9.17, 15) is 0 Å². The highest BCUT2D eigenvalue weighted by molar-refractivity contribution is 4.79. The second-order valence-corrected chi connectivity index (χ2v) is 7.89. The van der Waals surface area contributed by atoms with E-state index in [4.69, 9.17) is 4.74 Å². The van der Waals surface area contributed by atoms with Crippen molar-refractivity contribution >= 4 is 0 Å². The molecule has 19 heavy (non-hydrogen) atoms. The molecule has 0 aromatic rings. The van der Waals surface area contributed by atoms with E-state index in [1.807, 2.05) is 0 Å². The van der Waals surface area contributed by atoms with Crippen LogP contribution in [0.1, 0.15) is 53.9 Å². The highest BCUT2D eigenvalue weighted by Crippen LogP contribution is 2.19. The quantitative estimate of drug-likeness (QED) is 0.720. The maximum Gasteiger partial charge on any atom is 0.0529 e. The summed E-state index contributed by atoms with van der Waals surface area (Å²) in [7, 11) is 2.23. The number of hydrogen-bond acceptors (Lipinski definition) is 3. The van der Waals surface area contributed by atoms with Gasteiger partial charge in [0.05, 0.1) is 6.61 Å². The van der Waals surface area contributed by atoms with Crippen molar-refractivity contribution in [2.45, 2.75) is 65.5 Å². The standard InChI is InChI=1S/C16H34N2O/c1-15(2,3)17-12-16(4,5)13-19-11-9-14-8-7-10-18(14)6/h14,17H,7-13H2,1-6H3. The molecule has 1 aliphatic rings. The topological polar surface area (TPSA) is 24.5 Å². The third kappa shape index (κ3) is 7.28. The summed E-state index contributed by atoms with van der Waals surface area (Å²) in [5.41, 5.74) is 0.388. The van der Waals surface area contributed by atoms with Crippen LogP contribution in [0.15, 0.2) is 0 Å². The number of rotatable bonds is 7. The highest BCUT2D eigenvalue weighted by atomic mass is 16.5. The van der Waals surface area contributed by atoms with Gasteiger partial charge in [0.1, 0.15) is 0 Å². The first-order valence-electron chi connectivity index (χ1n) is 7.73. The van der Waals surface area contributed by atoms with Crippen molar-refractivity contribution in [3.8, 4) is 0 Å². The van der Waals surface area contributed by atoms with E-state index in [1.54, 1.807) is 0 Å². The highest BCUT2D eigenvalue weighted by Gasteiger charge is 2.23. The number of ether oxygens (including phenoxy) is 1. The Kier molecular flexibility index (Phi) is 6.28. The molecule has 1 rings (SSSR count). The molecule has 3 heteroatoms. The third-order valence-corrected chi connectivity index (χ3v) is 3.86. The van der Waals surface area contributed by atoms with Gasteiger partial charge in [-0.1, -0.05) is 13.8 Å². The summed E-state index contributed by atoms with van der Waals surface area (Å²) in [5.74, 6) is 0. The summed E-state index contributed by atoms with van der Waals surface area (Å²) < 4.78 is 5.91. The van der Waals surface area contributed by atoms with E-state index >= 15 is 0 Å². The normalized spacial score (nSPS) is 22.1. The van der Waals surface area contributed by atoms with Crippen LogP contribution in [0.5, 0.6) is 0 Å². The van der Waals surface area contributed by atoms with Crippen LogP contribution in [0.3, 0.4) is 0 Å². The van der Waals surface area contributed by atoms with Crippen LogP contribution >= 0.6 is 0 Å². The minimum Gasteiger partial charge on any atom is -0.381 e. The first kappa shape index (κ1) is 16.9. The Labute approximate surface area is 120 Å². The number of nitrogens with one attached hydrogen (secondary N) is 1. The molecule has 1 saturated heterocycles. The minimum atomic E-state index is 0.184. The molecule has 1 unspecified atom stereocenters. The van der Waals surface area contributed by atoms with Gasteiger partial charge < -0.3 is 15.0 Å². The van der Waals surface area contributed by atoms with Gasteiger partial charge in [-0.15, -0.1) is 0 Å². The fraction of sp³-hybridized carbons (Fsp3) is 1.00. The van der Waals surface area contributed by atoms with Crippen molar-refractivity contribution in [1.82, 2.24) is 10.2 Å². The predicted molar refractivity (Wildman–Crippen MR) is 82.6 cm³/mol. The molecule has 1 fully saturated rings. The van der Waals surface area contributed by atoms with Crippen molar-refractivity contribution in [3.63, 3.8) is 0 Å². The zero-order chi connectivity index (χ0) is 14.5. The van der Waals surface area contributed by atoms with Gasteiger partial charge >= 0.3 is 0 Å². The largest absolute Gasteiger partial charge is 0.381 e. The summed E-state index contributed by atoms with van der Waals surface area (Å²) in [6.45, 7) is 15.2. The first-order chi connectivity index (χ1) is 8.70. The smallest absolute Gasteiger partial charge is 0.0529 e. The van der Waals surface area contributed by atoms with Gasteiger partial charge in [0, 0.05) is 30.1 Å². The Morgan fingerprint density at radius 3 is 2.42 bits per heavy atom. The van der Waals surface area contributed by atoms with Crippen LogP contribution in [0, 0.1) is 5.41 Å². The van der Waals surface area contributed by atoms with Gasteiger partial charge in [-0.2, -0.15) is 0 Å². The molecule has 0 aromatic heterocycles. The third-order valence-electron chi connectivity index (χ3n) is 3.86. The monoisotopic (exact) mass is 270 g/mol. The van der Waals surface area contributed by atoms with E-state index in [1.165, 1.54) is 25.8 Å². The second kappa shape index (κ2) is 7.05. The van der Waals surface area contributed by atoms with Gasteiger partial charge in [-0.05, 0) is 53.6 Å². The van der Waals surface area contributed by atoms with Gasteiger partial charge in [-0.25, -0.2) is 0 Å². The Morgan fingerprint density at radius 1 is 1.21 bits per heavy atom. The molecule has 1 aliphatic heterocycles. The van der Waals surface area contributed by atoms with Crippen LogP contribution in [0.25, 0.3) is 0 Å². The second-order valence-electron chi connectivity index (χ2n) is 7.89. The molecule has 1 atom stereocenters. The van der Waals surface area contributed by atoms with E-state index in [0.717, 1.165) is 25.8 Å². The molecule has 1 heterocycles. The van der Waals surface area contributed by atoms with Gasteiger partial charge in [0.25, 0.3) is 0 Å². The Bertz CT molecular complexity index is 258. The molecule has 3 nitrogen and oxygen atoms in total. The van der Waals surface area contributed by atoms with Gasteiger partial charge in [0.15, 0.2) is 0 Å². The molecule has 0 saturated carbocycles. The summed E-state index contributed by atoms with van der Waals surface area (Å²) >= 11 is 0. The fourth-order valence-electron chi connectivity index (χ4n) is 2.47. The lowest BCUT2D eigenvalue weighted by Crippen LogP contribution is -2.43. The first-order valence-corrected chi connectivity index (χ1v) is 7.73. The number of hydrogen-bond donors (Lipinski definition) is 1. The van der Waals surface area contributed by atoms with E-state index in [-0.39, 0.29) is 11.0 Å². The van der Waals surface area contributed by atoms with Crippen molar-refractivity contribution in [1.29, 1.82) is 0 Å². The molecular weight excluding hydrogens is 236 g/mol. The van der Waals surface area contributed by atoms with Crippen LogP contribution in [0.2, 0.25) is 0 Å². The van der Waals surface area contributed by atoms with Gasteiger partial charge in [0.2, 0.25) is 0 Å². The Balaban J connectivity index is 2.13. The molecule has 0 spiro atoms. The molecular formula is C16H34N2O. The lowest BCUT2D eigenvalue weighted by atomic mass is 9.93.